The molecule has 7 heteroatoms. The molecule has 2 N–H and O–H groups in total. The number of hydrogen-bond donors (Lipinski definition) is 2. The summed E-state index contributed by atoms with van der Waals surface area (Å²) in [6.07, 6.45) is 1.86. The number of carboxylic acid groups (broad SMARTS) is 1. The smallest absolute Gasteiger partial charge is 0.377 e. The number of H-pyrrole nitrogens is 1. The molecule has 0 saturated heterocycles. The van der Waals surface area contributed by atoms with Gasteiger partial charge in [-0.3, -0.25) is 4.79 Å². The molecule has 0 saturated carbocycles. The van der Waals surface area contributed by atoms with E-state index in [1.165, 1.54) is 20.4 Å². The predicted molar refractivity (Wildman–Crippen MR) is 70.5 cm³/mol. The third kappa shape index (κ3) is 1.97. The van der Waals surface area contributed by atoms with E-state index in [0.29, 0.717) is 28.8 Å². The van der Waals surface area contributed by atoms with Crippen LogP contribution in [-0.4, -0.2) is 41.0 Å². The van der Waals surface area contributed by atoms with E-state index in [9.17, 15) is 9.59 Å². The third-order valence-electron chi connectivity index (χ3n) is 3.03. The van der Waals surface area contributed by atoms with Crippen LogP contribution in [0.15, 0.2) is 6.20 Å². The van der Waals surface area contributed by atoms with Crippen LogP contribution in [-0.2, 0) is 11.2 Å². The minimum absolute atomic E-state index is 0.0903. The second-order valence-corrected chi connectivity index (χ2v) is 4.05. The van der Waals surface area contributed by atoms with Crippen LogP contribution >= 0.6 is 0 Å². The van der Waals surface area contributed by atoms with E-state index in [4.69, 9.17) is 14.6 Å². The van der Waals surface area contributed by atoms with Gasteiger partial charge in [-0.2, -0.15) is 0 Å². The molecule has 20 heavy (non-hydrogen) atoms. The van der Waals surface area contributed by atoms with Gasteiger partial charge >= 0.3 is 5.97 Å². The Hall–Kier alpha value is -2.57. The average Bonchev–Trinajstić information content (AvgIpc) is 2.84. The number of ketones is 1. The summed E-state index contributed by atoms with van der Waals surface area (Å²) in [5, 5.41) is 9.35. The number of aromatic amines is 1. The molecule has 0 bridgehead atoms. The predicted octanol–water partition coefficient (Wildman–Crippen LogP) is 1.41. The Morgan fingerprint density at radius 3 is 2.55 bits per heavy atom. The zero-order chi connectivity index (χ0) is 14.9. The van der Waals surface area contributed by atoms with Gasteiger partial charge in [0.05, 0.1) is 31.4 Å². The monoisotopic (exact) mass is 278 g/mol. The van der Waals surface area contributed by atoms with E-state index >= 15 is 0 Å². The second kappa shape index (κ2) is 5.20. The average molecular weight is 278 g/mol. The van der Waals surface area contributed by atoms with Gasteiger partial charge in [-0.15, -0.1) is 0 Å². The standard InChI is InChI=1S/C13H14N2O5/c1-4-6-8(11(16)13(17)18)9-7(19-2)5-14-12(20-3)10(9)15-6/h5,15H,4H2,1-3H3,(H,17,18). The third-order valence-corrected chi connectivity index (χ3v) is 3.03. The molecule has 0 aliphatic carbocycles. The first-order chi connectivity index (χ1) is 9.54. The maximum atomic E-state index is 11.9. The second-order valence-electron chi connectivity index (χ2n) is 4.05. The summed E-state index contributed by atoms with van der Waals surface area (Å²) in [4.78, 5) is 30.0. The highest BCUT2D eigenvalue weighted by molar-refractivity contribution is 6.43. The molecular formula is C13H14N2O5. The molecular weight excluding hydrogens is 264 g/mol. The van der Waals surface area contributed by atoms with E-state index in [1.807, 2.05) is 6.92 Å². The summed E-state index contributed by atoms with van der Waals surface area (Å²) in [5.74, 6) is -1.90. The quantitative estimate of drug-likeness (QED) is 0.633. The molecule has 0 radical (unpaired) electrons. The molecule has 2 rings (SSSR count). The van der Waals surface area contributed by atoms with Crippen molar-refractivity contribution in [2.45, 2.75) is 13.3 Å². The highest BCUT2D eigenvalue weighted by atomic mass is 16.5. The maximum absolute atomic E-state index is 11.9. The SMILES string of the molecule is CCc1[nH]c2c(OC)ncc(OC)c2c1C(=O)C(=O)O. The molecule has 0 spiro atoms. The number of aromatic nitrogens is 2. The molecule has 2 heterocycles. The van der Waals surface area contributed by atoms with Gasteiger partial charge in [-0.05, 0) is 6.42 Å². The fourth-order valence-electron chi connectivity index (χ4n) is 2.14. The number of Topliss-reactive ketones (excluding diaryl/α,β-unsaturated/α-hetero) is 1. The number of nitrogens with one attached hydrogen (secondary N) is 1. The molecule has 0 aliphatic rings. The Bertz CT molecular complexity index is 690. The zero-order valence-electron chi connectivity index (χ0n) is 11.3. The minimum atomic E-state index is -1.52. The minimum Gasteiger partial charge on any atom is -0.494 e. The molecule has 2 aromatic heterocycles. The number of carboxylic acids is 1. The number of pyridine rings is 1. The van der Waals surface area contributed by atoms with Crippen molar-refractivity contribution in [1.82, 2.24) is 9.97 Å². The Labute approximate surface area is 114 Å². The largest absolute Gasteiger partial charge is 0.494 e. The van der Waals surface area contributed by atoms with Gasteiger partial charge < -0.3 is 19.6 Å². The molecule has 0 aromatic carbocycles. The number of carbonyl (C=O) groups excluding carboxylic acids is 1. The lowest BCUT2D eigenvalue weighted by atomic mass is 10.1. The molecule has 0 atom stereocenters. The van der Waals surface area contributed by atoms with E-state index in [-0.39, 0.29) is 11.4 Å². The van der Waals surface area contributed by atoms with Crippen molar-refractivity contribution >= 4 is 22.7 Å². The fraction of sp³-hybridized carbons (Fsp3) is 0.308. The Balaban J connectivity index is 2.90. The first-order valence-electron chi connectivity index (χ1n) is 5.94. The number of hydrogen-bond acceptors (Lipinski definition) is 5. The van der Waals surface area contributed by atoms with Crippen LogP contribution < -0.4 is 9.47 Å². The van der Waals surface area contributed by atoms with Crippen LogP contribution in [0.5, 0.6) is 11.6 Å². The van der Waals surface area contributed by atoms with Crippen LogP contribution in [0.4, 0.5) is 0 Å². The van der Waals surface area contributed by atoms with Crippen LogP contribution in [0.1, 0.15) is 23.0 Å². The van der Waals surface area contributed by atoms with Crippen molar-refractivity contribution in [3.63, 3.8) is 0 Å². The number of rotatable bonds is 5. The summed E-state index contributed by atoms with van der Waals surface area (Å²) in [6, 6.07) is 0. The van der Waals surface area contributed by atoms with Crippen molar-refractivity contribution in [3.05, 3.63) is 17.5 Å². The van der Waals surface area contributed by atoms with Crippen LogP contribution in [0.2, 0.25) is 0 Å². The van der Waals surface area contributed by atoms with Crippen molar-refractivity contribution in [1.29, 1.82) is 0 Å². The molecule has 0 amide bonds. The van der Waals surface area contributed by atoms with Gasteiger partial charge in [0.1, 0.15) is 11.3 Å². The summed E-state index contributed by atoms with van der Waals surface area (Å²) < 4.78 is 10.3. The summed E-state index contributed by atoms with van der Waals surface area (Å²) in [5.41, 5.74) is 1.05. The van der Waals surface area contributed by atoms with Gasteiger partial charge in [0.2, 0.25) is 5.88 Å². The number of carbonyl (C=O) groups is 2. The van der Waals surface area contributed by atoms with Crippen LogP contribution in [0.25, 0.3) is 10.9 Å². The van der Waals surface area contributed by atoms with Gasteiger partial charge in [-0.1, -0.05) is 6.92 Å². The number of methoxy groups -OCH3 is 2. The summed E-state index contributed by atoms with van der Waals surface area (Å²) in [7, 11) is 2.87. The molecule has 106 valence electrons. The number of ether oxygens (including phenoxy) is 2. The molecule has 0 fully saturated rings. The first-order valence-corrected chi connectivity index (χ1v) is 5.94. The van der Waals surface area contributed by atoms with Crippen LogP contribution in [0.3, 0.4) is 0 Å². The lowest BCUT2D eigenvalue weighted by molar-refractivity contribution is -0.131. The number of nitrogens with zero attached hydrogens (tertiary/aromatic N) is 1. The topological polar surface area (TPSA) is 102 Å². The summed E-state index contributed by atoms with van der Waals surface area (Å²) >= 11 is 0. The van der Waals surface area contributed by atoms with E-state index in [0.717, 1.165) is 0 Å². The Morgan fingerprint density at radius 1 is 1.35 bits per heavy atom. The van der Waals surface area contributed by atoms with Gasteiger partial charge in [-0.25, -0.2) is 9.78 Å². The van der Waals surface area contributed by atoms with E-state index < -0.39 is 11.8 Å². The van der Waals surface area contributed by atoms with E-state index in [2.05, 4.69) is 9.97 Å². The first kappa shape index (κ1) is 13.9. The van der Waals surface area contributed by atoms with Crippen molar-refractivity contribution in [2.24, 2.45) is 0 Å². The number of fused-ring (bicyclic) bond motifs is 1. The number of aliphatic carboxylic acids is 1. The van der Waals surface area contributed by atoms with Crippen molar-refractivity contribution < 1.29 is 24.2 Å². The molecule has 0 unspecified atom stereocenters. The van der Waals surface area contributed by atoms with E-state index in [1.54, 1.807) is 0 Å². The normalized spacial score (nSPS) is 10.6. The maximum Gasteiger partial charge on any atom is 0.377 e. The molecule has 0 aliphatic heterocycles. The number of aryl methyl sites for hydroxylation is 1. The highest BCUT2D eigenvalue weighted by Gasteiger charge is 2.27. The lowest BCUT2D eigenvalue weighted by Crippen LogP contribution is -2.14. The van der Waals surface area contributed by atoms with Gasteiger partial charge in [0.15, 0.2) is 0 Å². The van der Waals surface area contributed by atoms with Gasteiger partial charge in [0.25, 0.3) is 5.78 Å². The Morgan fingerprint density at radius 2 is 2.05 bits per heavy atom. The fourth-order valence-corrected chi connectivity index (χ4v) is 2.14. The van der Waals surface area contributed by atoms with Crippen molar-refractivity contribution in [2.75, 3.05) is 14.2 Å². The van der Waals surface area contributed by atoms with Gasteiger partial charge in [0, 0.05) is 5.69 Å². The summed E-state index contributed by atoms with van der Waals surface area (Å²) in [6.45, 7) is 1.82. The lowest BCUT2D eigenvalue weighted by Gasteiger charge is -2.06. The molecule has 2 aromatic rings. The van der Waals surface area contributed by atoms with Crippen LogP contribution in [0, 0.1) is 0 Å². The zero-order valence-corrected chi connectivity index (χ0v) is 11.3. The molecule has 7 nitrogen and oxygen atoms in total. The Kier molecular flexibility index (Phi) is 3.60. The highest BCUT2D eigenvalue weighted by Crippen LogP contribution is 2.35. The van der Waals surface area contributed by atoms with Crippen molar-refractivity contribution in [3.8, 4) is 11.6 Å².